The van der Waals surface area contributed by atoms with Gasteiger partial charge in [0.15, 0.2) is 0 Å². The van der Waals surface area contributed by atoms with Crippen molar-refractivity contribution in [3.8, 4) is 0 Å². The first-order chi connectivity index (χ1) is 8.36. The molecular weight excluding hydrogens is 248 g/mol. The molecule has 1 aromatic rings. The van der Waals surface area contributed by atoms with Crippen LogP contribution in [0.25, 0.3) is 0 Å². The number of hydrogen-bond acceptors (Lipinski definition) is 3. The maximum Gasteiger partial charge on any atom is 0.240 e. The van der Waals surface area contributed by atoms with E-state index >= 15 is 0 Å². The number of anilines is 1. The molecule has 4 nitrogen and oxygen atoms in total. The molecule has 102 valence electrons. The summed E-state index contributed by atoms with van der Waals surface area (Å²) in [6.45, 7) is 5.77. The topological polar surface area (TPSA) is 72.2 Å². The Morgan fingerprint density at radius 1 is 1.39 bits per heavy atom. The maximum absolute atomic E-state index is 12.1. The summed E-state index contributed by atoms with van der Waals surface area (Å²) in [7, 11) is -3.43. The summed E-state index contributed by atoms with van der Waals surface area (Å²) in [5.74, 6) is 0. The van der Waals surface area contributed by atoms with E-state index < -0.39 is 10.0 Å². The monoisotopic (exact) mass is 270 g/mol. The molecule has 0 fully saturated rings. The Bertz CT molecular complexity index is 498. The van der Waals surface area contributed by atoms with Crippen molar-refractivity contribution >= 4 is 15.7 Å². The second kappa shape index (κ2) is 6.20. The summed E-state index contributed by atoms with van der Waals surface area (Å²) in [5.41, 5.74) is 7.07. The molecule has 0 aliphatic rings. The second-order valence-corrected chi connectivity index (χ2v) is 6.40. The van der Waals surface area contributed by atoms with Gasteiger partial charge >= 0.3 is 0 Å². The minimum Gasteiger partial charge on any atom is -0.399 e. The van der Waals surface area contributed by atoms with E-state index in [4.69, 9.17) is 5.73 Å². The van der Waals surface area contributed by atoms with Gasteiger partial charge in [-0.15, -0.1) is 0 Å². The molecule has 0 aliphatic heterocycles. The Morgan fingerprint density at radius 3 is 2.61 bits per heavy atom. The van der Waals surface area contributed by atoms with Crippen LogP contribution in [-0.2, 0) is 10.0 Å². The van der Waals surface area contributed by atoms with Crippen LogP contribution in [0.1, 0.15) is 38.7 Å². The largest absolute Gasteiger partial charge is 0.399 e. The van der Waals surface area contributed by atoms with Gasteiger partial charge in [0.2, 0.25) is 10.0 Å². The highest BCUT2D eigenvalue weighted by atomic mass is 32.2. The molecular formula is C13H22N2O2S. The molecule has 18 heavy (non-hydrogen) atoms. The number of aryl methyl sites for hydroxylation is 1. The van der Waals surface area contributed by atoms with Crippen molar-refractivity contribution in [1.82, 2.24) is 4.72 Å². The molecule has 0 radical (unpaired) electrons. The average molecular weight is 270 g/mol. The highest BCUT2D eigenvalue weighted by Gasteiger charge is 2.17. The molecule has 0 saturated carbocycles. The van der Waals surface area contributed by atoms with E-state index in [0.29, 0.717) is 5.69 Å². The number of nitrogen functional groups attached to an aromatic ring is 1. The number of rotatable bonds is 6. The number of sulfonamides is 1. The van der Waals surface area contributed by atoms with E-state index in [0.717, 1.165) is 24.8 Å². The fraction of sp³-hybridized carbons (Fsp3) is 0.538. The van der Waals surface area contributed by atoms with Crippen LogP contribution in [-0.4, -0.2) is 14.5 Å². The molecule has 0 heterocycles. The van der Waals surface area contributed by atoms with Gasteiger partial charge in [-0.3, -0.25) is 0 Å². The Kier molecular flexibility index (Phi) is 5.16. The maximum atomic E-state index is 12.1. The lowest BCUT2D eigenvalue weighted by molar-refractivity contribution is 0.534. The molecule has 0 amide bonds. The number of nitrogens with one attached hydrogen (secondary N) is 1. The Labute approximate surface area is 110 Å². The van der Waals surface area contributed by atoms with Crippen LogP contribution in [0.15, 0.2) is 23.1 Å². The quantitative estimate of drug-likeness (QED) is 0.780. The Hall–Kier alpha value is -1.07. The van der Waals surface area contributed by atoms with Crippen molar-refractivity contribution in [2.24, 2.45) is 0 Å². The first kappa shape index (κ1) is 15.0. The predicted molar refractivity (Wildman–Crippen MR) is 74.9 cm³/mol. The Balaban J connectivity index is 2.83. The second-order valence-electron chi connectivity index (χ2n) is 4.68. The Morgan fingerprint density at radius 2 is 2.06 bits per heavy atom. The molecule has 0 bridgehead atoms. The van der Waals surface area contributed by atoms with E-state index in [1.165, 1.54) is 6.07 Å². The molecule has 0 aromatic heterocycles. The average Bonchev–Trinajstić information content (AvgIpc) is 2.29. The van der Waals surface area contributed by atoms with Crippen LogP contribution in [0, 0.1) is 6.92 Å². The first-order valence-electron chi connectivity index (χ1n) is 6.25. The predicted octanol–water partition coefficient (Wildman–Crippen LogP) is 2.43. The van der Waals surface area contributed by atoms with E-state index in [2.05, 4.69) is 11.6 Å². The fourth-order valence-electron chi connectivity index (χ4n) is 1.72. The third-order valence-electron chi connectivity index (χ3n) is 2.90. The van der Waals surface area contributed by atoms with Gasteiger partial charge in [-0.2, -0.15) is 0 Å². The van der Waals surface area contributed by atoms with E-state index in [-0.39, 0.29) is 10.9 Å². The zero-order valence-corrected chi connectivity index (χ0v) is 12.0. The minimum absolute atomic E-state index is 0.0483. The SMILES string of the molecule is CCCCC(C)NS(=O)(=O)c1ccc(N)c(C)c1. The molecule has 1 atom stereocenters. The lowest BCUT2D eigenvalue weighted by Crippen LogP contribution is -2.32. The summed E-state index contributed by atoms with van der Waals surface area (Å²) >= 11 is 0. The van der Waals surface area contributed by atoms with Crippen molar-refractivity contribution in [3.63, 3.8) is 0 Å². The molecule has 0 spiro atoms. The van der Waals surface area contributed by atoms with Gasteiger partial charge in [-0.05, 0) is 44.0 Å². The highest BCUT2D eigenvalue weighted by molar-refractivity contribution is 7.89. The number of hydrogen-bond donors (Lipinski definition) is 2. The molecule has 1 rings (SSSR count). The van der Waals surface area contributed by atoms with Gasteiger partial charge < -0.3 is 5.73 Å². The van der Waals surface area contributed by atoms with Crippen LogP contribution in [0.4, 0.5) is 5.69 Å². The summed E-state index contributed by atoms with van der Waals surface area (Å²) < 4.78 is 26.9. The molecule has 1 unspecified atom stereocenters. The number of nitrogens with two attached hydrogens (primary N) is 1. The van der Waals surface area contributed by atoms with Gasteiger partial charge in [-0.1, -0.05) is 19.8 Å². The van der Waals surface area contributed by atoms with Gasteiger partial charge in [0.05, 0.1) is 4.90 Å². The standard InChI is InChI=1S/C13H22N2O2S/c1-4-5-6-11(3)15-18(16,17)12-7-8-13(14)10(2)9-12/h7-9,11,15H,4-6,14H2,1-3H3. The van der Waals surface area contributed by atoms with Gasteiger partial charge in [-0.25, -0.2) is 13.1 Å². The summed E-state index contributed by atoms with van der Waals surface area (Å²) in [6, 6.07) is 4.72. The van der Waals surface area contributed by atoms with Crippen LogP contribution in [0.5, 0.6) is 0 Å². The third-order valence-corrected chi connectivity index (χ3v) is 4.49. The van der Waals surface area contributed by atoms with Gasteiger partial charge in [0.1, 0.15) is 0 Å². The van der Waals surface area contributed by atoms with Gasteiger partial charge in [0.25, 0.3) is 0 Å². The number of benzene rings is 1. The number of unbranched alkanes of at least 4 members (excludes halogenated alkanes) is 1. The van der Waals surface area contributed by atoms with Crippen LogP contribution in [0.2, 0.25) is 0 Å². The third kappa shape index (κ3) is 3.99. The normalized spacial score (nSPS) is 13.5. The van der Waals surface area contributed by atoms with Crippen LogP contribution >= 0.6 is 0 Å². The van der Waals surface area contributed by atoms with Crippen molar-refractivity contribution < 1.29 is 8.42 Å². The summed E-state index contributed by atoms with van der Waals surface area (Å²) in [5, 5.41) is 0. The molecule has 3 N–H and O–H groups in total. The van der Waals surface area contributed by atoms with E-state index in [1.54, 1.807) is 19.1 Å². The van der Waals surface area contributed by atoms with Gasteiger partial charge in [0, 0.05) is 11.7 Å². The lowest BCUT2D eigenvalue weighted by Gasteiger charge is -2.14. The molecule has 1 aromatic carbocycles. The fourth-order valence-corrected chi connectivity index (χ4v) is 3.08. The molecule has 0 saturated heterocycles. The summed E-state index contributed by atoms with van der Waals surface area (Å²) in [4.78, 5) is 0.276. The van der Waals surface area contributed by atoms with Crippen molar-refractivity contribution in [1.29, 1.82) is 0 Å². The van der Waals surface area contributed by atoms with Crippen molar-refractivity contribution in [2.75, 3.05) is 5.73 Å². The lowest BCUT2D eigenvalue weighted by atomic mass is 10.2. The first-order valence-corrected chi connectivity index (χ1v) is 7.73. The smallest absolute Gasteiger partial charge is 0.240 e. The molecule has 0 aliphatic carbocycles. The summed E-state index contributed by atoms with van der Waals surface area (Å²) in [6.07, 6.45) is 2.93. The van der Waals surface area contributed by atoms with Crippen molar-refractivity contribution in [3.05, 3.63) is 23.8 Å². The van der Waals surface area contributed by atoms with Crippen LogP contribution in [0.3, 0.4) is 0 Å². The minimum atomic E-state index is -3.43. The van der Waals surface area contributed by atoms with Crippen LogP contribution < -0.4 is 10.5 Å². The highest BCUT2D eigenvalue weighted by Crippen LogP contribution is 2.17. The zero-order valence-electron chi connectivity index (χ0n) is 11.2. The van der Waals surface area contributed by atoms with Crippen molar-refractivity contribution in [2.45, 2.75) is 51.0 Å². The molecule has 5 heteroatoms. The van der Waals surface area contributed by atoms with E-state index in [1.807, 2.05) is 6.92 Å². The van der Waals surface area contributed by atoms with E-state index in [9.17, 15) is 8.42 Å². The zero-order chi connectivity index (χ0) is 13.8.